The lowest BCUT2D eigenvalue weighted by atomic mass is 9.83. The molecule has 2 heterocycles. The predicted octanol–water partition coefficient (Wildman–Crippen LogP) is 5.83. The van der Waals surface area contributed by atoms with Crippen molar-refractivity contribution in [1.29, 1.82) is 0 Å². The Labute approximate surface area is 165 Å². The van der Waals surface area contributed by atoms with Crippen molar-refractivity contribution < 1.29 is 13.9 Å². The van der Waals surface area contributed by atoms with Crippen LogP contribution < -0.4 is 5.32 Å². The molecule has 1 aliphatic heterocycles. The first-order valence-corrected chi connectivity index (χ1v) is 9.92. The Hall–Kier alpha value is -2.21. The first-order chi connectivity index (χ1) is 13.0. The molecule has 0 saturated heterocycles. The zero-order valence-electron chi connectivity index (χ0n) is 14.6. The van der Waals surface area contributed by atoms with Gasteiger partial charge in [-0.15, -0.1) is 0 Å². The number of thiophene rings is 1. The van der Waals surface area contributed by atoms with Gasteiger partial charge in [-0.2, -0.15) is 11.3 Å². The Morgan fingerprint density at radius 3 is 2.70 bits per heavy atom. The number of amides is 1. The highest BCUT2D eigenvalue weighted by Gasteiger charge is 2.39. The lowest BCUT2D eigenvalue weighted by molar-refractivity contribution is -0.125. The highest BCUT2D eigenvalue weighted by Crippen LogP contribution is 2.44. The van der Waals surface area contributed by atoms with Crippen molar-refractivity contribution >= 4 is 34.5 Å². The minimum absolute atomic E-state index is 0.0178. The van der Waals surface area contributed by atoms with E-state index in [1.54, 1.807) is 23.5 Å². The van der Waals surface area contributed by atoms with Gasteiger partial charge in [0.05, 0.1) is 5.02 Å². The molecule has 4 rings (SSSR count). The van der Waals surface area contributed by atoms with E-state index in [2.05, 4.69) is 5.32 Å². The summed E-state index contributed by atoms with van der Waals surface area (Å²) in [5.41, 5.74) is 3.57. The van der Waals surface area contributed by atoms with Crippen LogP contribution in [-0.4, -0.2) is 12.5 Å². The van der Waals surface area contributed by atoms with E-state index >= 15 is 0 Å². The van der Waals surface area contributed by atoms with Crippen LogP contribution in [0.15, 0.2) is 53.2 Å². The second-order valence-corrected chi connectivity index (χ2v) is 7.61. The molecule has 1 aromatic heterocycles. The molecule has 3 nitrogen and oxygen atoms in total. The minimum atomic E-state index is -0.728. The van der Waals surface area contributed by atoms with Crippen molar-refractivity contribution in [3.05, 3.63) is 75.2 Å². The fourth-order valence-electron chi connectivity index (χ4n) is 3.53. The summed E-state index contributed by atoms with van der Waals surface area (Å²) in [5.74, 6) is -0.633. The number of carbonyl (C=O) groups excluding carboxylic acids is 1. The maximum Gasteiger partial charge on any atom is 0.250 e. The van der Waals surface area contributed by atoms with Crippen LogP contribution in [0, 0.1) is 5.82 Å². The summed E-state index contributed by atoms with van der Waals surface area (Å²) in [5, 5.41) is 7.05. The number of nitrogens with one attached hydrogen (secondary N) is 1. The van der Waals surface area contributed by atoms with Gasteiger partial charge in [0.15, 0.2) is 0 Å². The maximum absolute atomic E-state index is 13.5. The highest BCUT2D eigenvalue weighted by molar-refractivity contribution is 7.08. The van der Waals surface area contributed by atoms with Crippen LogP contribution in [0.4, 0.5) is 10.1 Å². The van der Waals surface area contributed by atoms with Gasteiger partial charge in [0.1, 0.15) is 18.0 Å². The van der Waals surface area contributed by atoms with Gasteiger partial charge < -0.3 is 10.1 Å². The standard InChI is InChI=1S/C21H17ClFNO2S/c1-2-21(15-7-8-27-12-15)16-9-13(14-3-5-18(23)17(22)10-14)4-6-19(16)24-20(25)11-26-21/h3-10,12H,2,11H2,1H3,(H,24,25). The van der Waals surface area contributed by atoms with Gasteiger partial charge in [0.2, 0.25) is 5.91 Å². The van der Waals surface area contributed by atoms with Crippen LogP contribution in [0.3, 0.4) is 0 Å². The molecular weight excluding hydrogens is 385 g/mol. The summed E-state index contributed by atoms with van der Waals surface area (Å²) in [7, 11) is 0. The van der Waals surface area contributed by atoms with Gasteiger partial charge >= 0.3 is 0 Å². The van der Waals surface area contributed by atoms with E-state index in [-0.39, 0.29) is 17.5 Å². The fraction of sp³-hybridized carbons (Fsp3) is 0.190. The average molecular weight is 402 g/mol. The van der Waals surface area contributed by atoms with Gasteiger partial charge in [0.25, 0.3) is 0 Å². The van der Waals surface area contributed by atoms with Crippen molar-refractivity contribution in [1.82, 2.24) is 0 Å². The minimum Gasteiger partial charge on any atom is -0.356 e. The van der Waals surface area contributed by atoms with E-state index in [9.17, 15) is 9.18 Å². The van der Waals surface area contributed by atoms with Crippen molar-refractivity contribution in [2.24, 2.45) is 0 Å². The quantitative estimate of drug-likeness (QED) is 0.599. The lowest BCUT2D eigenvalue weighted by Gasteiger charge is -2.32. The second kappa shape index (κ2) is 7.08. The summed E-state index contributed by atoms with van der Waals surface area (Å²) in [4.78, 5) is 12.2. The van der Waals surface area contributed by atoms with Crippen molar-refractivity contribution in [2.75, 3.05) is 11.9 Å². The number of anilines is 1. The van der Waals surface area contributed by atoms with E-state index in [0.717, 1.165) is 27.9 Å². The Balaban J connectivity index is 1.92. The Morgan fingerprint density at radius 2 is 2.00 bits per heavy atom. The van der Waals surface area contributed by atoms with E-state index in [1.807, 2.05) is 41.9 Å². The number of benzene rings is 2. The zero-order chi connectivity index (χ0) is 19.0. The number of fused-ring (bicyclic) bond motifs is 1. The van der Waals surface area contributed by atoms with E-state index in [4.69, 9.17) is 16.3 Å². The summed E-state index contributed by atoms with van der Waals surface area (Å²) >= 11 is 7.55. The molecule has 0 bridgehead atoms. The summed E-state index contributed by atoms with van der Waals surface area (Å²) in [6.07, 6.45) is 0.666. The predicted molar refractivity (Wildman–Crippen MR) is 107 cm³/mol. The van der Waals surface area contributed by atoms with Crippen molar-refractivity contribution in [3.8, 4) is 11.1 Å². The zero-order valence-corrected chi connectivity index (χ0v) is 16.2. The van der Waals surface area contributed by atoms with Crippen LogP contribution in [-0.2, 0) is 15.1 Å². The van der Waals surface area contributed by atoms with Crippen molar-refractivity contribution in [3.63, 3.8) is 0 Å². The summed E-state index contributed by atoms with van der Waals surface area (Å²) in [6, 6.07) is 12.4. The Bertz CT molecular complexity index is 1010. The molecule has 2 aromatic carbocycles. The van der Waals surface area contributed by atoms with Crippen LogP contribution >= 0.6 is 22.9 Å². The number of ether oxygens (including phenoxy) is 1. The van der Waals surface area contributed by atoms with Gasteiger partial charge in [0, 0.05) is 11.3 Å². The third-order valence-electron chi connectivity index (χ3n) is 4.92. The number of rotatable bonds is 3. The molecule has 0 fully saturated rings. The molecule has 0 aliphatic carbocycles. The molecule has 0 spiro atoms. The molecule has 27 heavy (non-hydrogen) atoms. The Kier molecular flexibility index (Phi) is 4.76. The number of halogens is 2. The van der Waals surface area contributed by atoms with Crippen LogP contribution in [0.1, 0.15) is 24.5 Å². The van der Waals surface area contributed by atoms with Gasteiger partial charge in [-0.3, -0.25) is 4.79 Å². The second-order valence-electron chi connectivity index (χ2n) is 6.42. The molecule has 6 heteroatoms. The molecule has 1 unspecified atom stereocenters. The SMILES string of the molecule is CCC1(c2ccsc2)OCC(=O)Nc2ccc(-c3ccc(F)c(Cl)c3)cc21. The van der Waals surface area contributed by atoms with Crippen LogP contribution in [0.25, 0.3) is 11.1 Å². The highest BCUT2D eigenvalue weighted by atomic mass is 35.5. The molecule has 0 radical (unpaired) electrons. The number of hydrogen-bond acceptors (Lipinski definition) is 3. The molecule has 138 valence electrons. The molecule has 1 N–H and O–H groups in total. The van der Waals surface area contributed by atoms with E-state index < -0.39 is 11.4 Å². The first kappa shape index (κ1) is 18.2. The molecule has 3 aromatic rings. The molecule has 1 aliphatic rings. The molecule has 1 amide bonds. The molecular formula is C21H17ClFNO2S. The van der Waals surface area contributed by atoms with Crippen molar-refractivity contribution in [2.45, 2.75) is 18.9 Å². The van der Waals surface area contributed by atoms with Gasteiger partial charge in [-0.25, -0.2) is 4.39 Å². The normalized spacial score (nSPS) is 19.3. The van der Waals surface area contributed by atoms with Gasteiger partial charge in [-0.05, 0) is 64.2 Å². The first-order valence-electron chi connectivity index (χ1n) is 8.60. The molecule has 0 saturated carbocycles. The topological polar surface area (TPSA) is 38.3 Å². The van der Waals surface area contributed by atoms with Gasteiger partial charge in [-0.1, -0.05) is 30.7 Å². The Morgan fingerprint density at radius 1 is 1.22 bits per heavy atom. The fourth-order valence-corrected chi connectivity index (χ4v) is 4.42. The van der Waals surface area contributed by atoms with Crippen LogP contribution in [0.2, 0.25) is 5.02 Å². The monoisotopic (exact) mass is 401 g/mol. The third kappa shape index (κ3) is 3.16. The van der Waals surface area contributed by atoms with E-state index in [0.29, 0.717) is 6.42 Å². The van der Waals surface area contributed by atoms with Crippen LogP contribution in [0.5, 0.6) is 0 Å². The summed E-state index contributed by atoms with van der Waals surface area (Å²) < 4.78 is 19.7. The molecule has 1 atom stereocenters. The van der Waals surface area contributed by atoms with E-state index in [1.165, 1.54) is 6.07 Å². The maximum atomic E-state index is 13.5. The average Bonchev–Trinajstić information content (AvgIpc) is 3.16. The number of hydrogen-bond donors (Lipinski definition) is 1. The third-order valence-corrected chi connectivity index (χ3v) is 5.89. The smallest absolute Gasteiger partial charge is 0.250 e. The largest absolute Gasteiger partial charge is 0.356 e. The number of carbonyl (C=O) groups is 1. The lowest BCUT2D eigenvalue weighted by Crippen LogP contribution is -2.30. The summed E-state index contributed by atoms with van der Waals surface area (Å²) in [6.45, 7) is 2.02.